The number of nitrogens with zero attached hydrogens (tertiary/aromatic N) is 3. The van der Waals surface area contributed by atoms with Crippen molar-refractivity contribution >= 4 is 12.4 Å². The summed E-state index contributed by atoms with van der Waals surface area (Å²) in [5.74, 6) is 4.82. The van der Waals surface area contributed by atoms with Crippen molar-refractivity contribution in [3.05, 3.63) is 0 Å². The average molecular weight is 133 g/mol. The molecule has 9 heavy (non-hydrogen) atoms. The summed E-state index contributed by atoms with van der Waals surface area (Å²) in [6.45, 7) is 0. The number of rotatable bonds is 0. The third-order valence-electron chi connectivity index (χ3n) is 0.700. The highest BCUT2D eigenvalue weighted by Crippen LogP contribution is 2.01. The first-order valence-corrected chi connectivity index (χ1v) is 2.08. The smallest absolute Gasteiger partial charge is 0.242 e. The maximum atomic E-state index is 12.1. The number of alkyl halides is 1. The molecule has 0 spiro atoms. The Bertz CT molecular complexity index is 165. The predicted octanol–water partition coefficient (Wildman–Crippen LogP) is -0.340. The Hall–Kier alpha value is -1.04. The monoisotopic (exact) mass is 133 g/mol. The molecule has 0 saturated heterocycles. The quantitative estimate of drug-likeness (QED) is 0.363. The molecule has 1 rings (SSSR count). The second-order valence-electron chi connectivity index (χ2n) is 1.33. The van der Waals surface area contributed by atoms with Gasteiger partial charge in [-0.15, -0.1) is 0 Å². The molecule has 0 aromatic carbocycles. The van der Waals surface area contributed by atoms with Crippen LogP contribution in [0.25, 0.3) is 0 Å². The van der Waals surface area contributed by atoms with Gasteiger partial charge in [-0.05, 0) is 0 Å². The van der Waals surface area contributed by atoms with Crippen LogP contribution < -0.4 is 5.84 Å². The Morgan fingerprint density at radius 2 is 2.44 bits per heavy atom. The summed E-state index contributed by atoms with van der Waals surface area (Å²) in [7, 11) is 0. The third-order valence-corrected chi connectivity index (χ3v) is 0.700. The van der Waals surface area contributed by atoms with Gasteiger partial charge in [0.05, 0.1) is 0 Å². The minimum atomic E-state index is -1.90. The third kappa shape index (κ3) is 1.20. The number of hydrogen-bond donors (Lipinski definition) is 1. The first kappa shape index (κ1) is 6.09. The number of hydrogen-bond acceptors (Lipinski definition) is 4. The Morgan fingerprint density at radius 1 is 1.78 bits per heavy atom. The van der Waals surface area contributed by atoms with Gasteiger partial charge in [0.2, 0.25) is 0 Å². The molecule has 0 amide bonds. The van der Waals surface area contributed by atoms with E-state index >= 15 is 0 Å². The summed E-state index contributed by atoms with van der Waals surface area (Å²) in [4.78, 5) is 5.57. The largest absolute Gasteiger partial charge is 0.310 e. The van der Waals surface area contributed by atoms with Gasteiger partial charge < -0.3 is 0 Å². The SMILES string of the molecule is NN1[C]=NC(F)=NC1F. The van der Waals surface area contributed by atoms with Crippen molar-refractivity contribution in [2.45, 2.75) is 6.42 Å². The topological polar surface area (TPSA) is 54.0 Å². The van der Waals surface area contributed by atoms with Crippen molar-refractivity contribution in [3.63, 3.8) is 0 Å². The maximum Gasteiger partial charge on any atom is 0.310 e. The zero-order valence-electron chi connectivity index (χ0n) is 4.25. The van der Waals surface area contributed by atoms with Crippen LogP contribution in [0.5, 0.6) is 0 Å². The fourth-order valence-corrected chi connectivity index (χ4v) is 0.326. The Kier molecular flexibility index (Phi) is 1.39. The minimum absolute atomic E-state index is 0.434. The molecule has 0 aromatic heterocycles. The van der Waals surface area contributed by atoms with Crippen LogP contribution in [-0.4, -0.2) is 23.9 Å². The normalized spacial score (nSPS) is 26.3. The van der Waals surface area contributed by atoms with E-state index in [1.165, 1.54) is 0 Å². The van der Waals surface area contributed by atoms with Crippen molar-refractivity contribution in [1.82, 2.24) is 5.01 Å². The fourth-order valence-electron chi connectivity index (χ4n) is 0.326. The average Bonchev–Trinajstić information content (AvgIpc) is 1.80. The highest BCUT2D eigenvalue weighted by molar-refractivity contribution is 5.83. The molecule has 1 heterocycles. The van der Waals surface area contributed by atoms with Crippen molar-refractivity contribution in [2.75, 3.05) is 0 Å². The van der Waals surface area contributed by atoms with Gasteiger partial charge in [-0.25, -0.2) is 10.9 Å². The van der Waals surface area contributed by atoms with E-state index in [-0.39, 0.29) is 0 Å². The zero-order valence-corrected chi connectivity index (χ0v) is 4.25. The van der Waals surface area contributed by atoms with E-state index in [4.69, 9.17) is 5.84 Å². The summed E-state index contributed by atoms with van der Waals surface area (Å²) < 4.78 is 23.9. The lowest BCUT2D eigenvalue weighted by Gasteiger charge is -2.14. The molecule has 1 aliphatic heterocycles. The fraction of sp³-hybridized carbons (Fsp3) is 0.333. The first-order valence-electron chi connectivity index (χ1n) is 2.08. The molecule has 0 aromatic rings. The summed E-state index contributed by atoms with van der Waals surface area (Å²) in [5.41, 5.74) is 0. The molecule has 1 atom stereocenters. The van der Waals surface area contributed by atoms with Crippen LogP contribution in [0, 0.1) is 0 Å². The molecule has 1 radical (unpaired) electrons. The molecule has 0 fully saturated rings. The molecule has 1 aliphatic rings. The summed E-state index contributed by atoms with van der Waals surface area (Å²) in [6.07, 6.45) is -1.21. The highest BCUT2D eigenvalue weighted by atomic mass is 19.2. The predicted molar refractivity (Wildman–Crippen MR) is 26.9 cm³/mol. The van der Waals surface area contributed by atoms with Gasteiger partial charge in [-0.2, -0.15) is 18.8 Å². The standard InChI is InChI=1S/C3H3F2N4/c4-2-7-1-9(6)3(5)8-2/h3H,6H2. The molecular formula is C3H3F2N4. The van der Waals surface area contributed by atoms with E-state index in [2.05, 4.69) is 9.98 Å². The van der Waals surface area contributed by atoms with Gasteiger partial charge >= 0.3 is 6.09 Å². The van der Waals surface area contributed by atoms with Gasteiger partial charge in [0.1, 0.15) is 0 Å². The van der Waals surface area contributed by atoms with Gasteiger partial charge in [-0.1, -0.05) is 0 Å². The number of amidine groups is 1. The van der Waals surface area contributed by atoms with Crippen molar-refractivity contribution in [3.8, 4) is 0 Å². The summed E-state index contributed by atoms with van der Waals surface area (Å²) in [5, 5.41) is 0.434. The van der Waals surface area contributed by atoms with Gasteiger partial charge in [0.15, 0.2) is 6.34 Å². The number of nitrogens with two attached hydrogens (primary N) is 1. The van der Waals surface area contributed by atoms with Crippen molar-refractivity contribution in [2.24, 2.45) is 15.8 Å². The minimum Gasteiger partial charge on any atom is -0.242 e. The first-order chi connectivity index (χ1) is 4.20. The number of hydrazine groups is 1. The molecule has 6 heteroatoms. The van der Waals surface area contributed by atoms with Gasteiger partial charge in [-0.3, -0.25) is 0 Å². The van der Waals surface area contributed by atoms with Gasteiger partial charge in [0.25, 0.3) is 6.42 Å². The van der Waals surface area contributed by atoms with E-state index < -0.39 is 12.5 Å². The van der Waals surface area contributed by atoms with E-state index in [0.717, 1.165) is 0 Å². The van der Waals surface area contributed by atoms with Crippen LogP contribution in [-0.2, 0) is 0 Å². The molecule has 4 nitrogen and oxygen atoms in total. The van der Waals surface area contributed by atoms with Crippen molar-refractivity contribution in [1.29, 1.82) is 0 Å². The van der Waals surface area contributed by atoms with Crippen LogP contribution >= 0.6 is 0 Å². The lowest BCUT2D eigenvalue weighted by Crippen LogP contribution is -2.38. The number of aliphatic imine (C=N–C) groups is 2. The lowest BCUT2D eigenvalue weighted by molar-refractivity contribution is 0.165. The molecule has 2 N–H and O–H groups in total. The Balaban J connectivity index is 2.70. The lowest BCUT2D eigenvalue weighted by atomic mass is 10.8. The Labute approximate surface area is 49.7 Å². The van der Waals surface area contributed by atoms with Crippen molar-refractivity contribution < 1.29 is 8.78 Å². The van der Waals surface area contributed by atoms with E-state index in [1.807, 2.05) is 6.34 Å². The van der Waals surface area contributed by atoms with Crippen LogP contribution in [0.2, 0.25) is 0 Å². The van der Waals surface area contributed by atoms with E-state index in [0.29, 0.717) is 5.01 Å². The number of halogens is 2. The summed E-state index contributed by atoms with van der Waals surface area (Å²) in [6, 6.07) is 0. The maximum absolute atomic E-state index is 12.1. The van der Waals surface area contributed by atoms with Gasteiger partial charge in [0, 0.05) is 0 Å². The second kappa shape index (κ2) is 2.06. The van der Waals surface area contributed by atoms with Crippen LogP contribution in [0.4, 0.5) is 8.78 Å². The van der Waals surface area contributed by atoms with Crippen LogP contribution in [0.1, 0.15) is 0 Å². The van der Waals surface area contributed by atoms with Crippen LogP contribution in [0.15, 0.2) is 9.98 Å². The highest BCUT2D eigenvalue weighted by Gasteiger charge is 2.15. The second-order valence-corrected chi connectivity index (χ2v) is 1.33. The summed E-state index contributed by atoms with van der Waals surface area (Å²) >= 11 is 0. The molecule has 0 aliphatic carbocycles. The van der Waals surface area contributed by atoms with Crippen LogP contribution in [0.3, 0.4) is 0 Å². The molecule has 49 valence electrons. The van der Waals surface area contributed by atoms with E-state index in [1.54, 1.807) is 0 Å². The Morgan fingerprint density at radius 3 is 2.89 bits per heavy atom. The molecule has 0 saturated carbocycles. The molecular weight excluding hydrogens is 130 g/mol. The molecule has 1 unspecified atom stereocenters. The zero-order chi connectivity index (χ0) is 6.85. The molecule has 0 bridgehead atoms. The van der Waals surface area contributed by atoms with E-state index in [9.17, 15) is 8.78 Å².